The molecule has 0 amide bonds. The summed E-state index contributed by atoms with van der Waals surface area (Å²) >= 11 is 6.86. The van der Waals surface area contributed by atoms with E-state index in [1.807, 2.05) is 13.0 Å². The van der Waals surface area contributed by atoms with Gasteiger partial charge in [0.15, 0.2) is 0 Å². The van der Waals surface area contributed by atoms with Crippen molar-refractivity contribution in [3.63, 3.8) is 0 Å². The largest absolute Gasteiger partial charge is 0.431 e. The molecule has 0 bridgehead atoms. The summed E-state index contributed by atoms with van der Waals surface area (Å²) < 4.78 is 6.02. The molecular weight excluding hydrogens is 388 g/mol. The molecule has 0 spiro atoms. The fraction of sp³-hybridized carbons (Fsp3) is 0.652. The van der Waals surface area contributed by atoms with E-state index in [1.54, 1.807) is 24.3 Å². The van der Waals surface area contributed by atoms with Crippen LogP contribution >= 0.6 is 24.0 Å². The van der Waals surface area contributed by atoms with Gasteiger partial charge in [0.2, 0.25) is 6.29 Å². The molecule has 0 aliphatic carbocycles. The molecule has 0 aliphatic heterocycles. The van der Waals surface area contributed by atoms with Gasteiger partial charge in [0.1, 0.15) is 0 Å². The number of thioether (sulfide) groups is 1. The third kappa shape index (κ3) is 11.8. The maximum absolute atomic E-state index is 12.0. The molecule has 2 atom stereocenters. The van der Waals surface area contributed by atoms with Gasteiger partial charge in [0, 0.05) is 4.20 Å². The summed E-state index contributed by atoms with van der Waals surface area (Å²) in [7, 11) is 0. The van der Waals surface area contributed by atoms with Gasteiger partial charge < -0.3 is 9.84 Å². The molecule has 1 aromatic carbocycles. The zero-order valence-corrected chi connectivity index (χ0v) is 19.0. The highest BCUT2D eigenvalue weighted by atomic mass is 32.2. The molecule has 0 fully saturated rings. The van der Waals surface area contributed by atoms with Crippen LogP contribution in [0.5, 0.6) is 0 Å². The number of aliphatic hydroxyl groups excluding tert-OH is 1. The van der Waals surface area contributed by atoms with E-state index in [4.69, 9.17) is 17.0 Å². The normalized spacial score (nSPS) is 13.1. The van der Waals surface area contributed by atoms with Gasteiger partial charge in [0.25, 0.3) is 0 Å². The Morgan fingerprint density at radius 3 is 2.11 bits per heavy atom. The first kappa shape index (κ1) is 25.1. The van der Waals surface area contributed by atoms with E-state index in [2.05, 4.69) is 6.92 Å². The molecule has 0 saturated heterocycles. The Kier molecular flexibility index (Phi) is 14.3. The van der Waals surface area contributed by atoms with E-state index in [9.17, 15) is 9.90 Å². The molecule has 158 valence electrons. The van der Waals surface area contributed by atoms with Crippen molar-refractivity contribution in [2.45, 2.75) is 96.0 Å². The molecule has 3 nitrogen and oxygen atoms in total. The number of ether oxygens (including phenoxy) is 1. The maximum Gasteiger partial charge on any atom is 0.340 e. The molecule has 0 aromatic heterocycles. The number of thiocarbonyl (C=S) groups is 1. The van der Waals surface area contributed by atoms with Gasteiger partial charge in [-0.05, 0) is 31.9 Å². The lowest BCUT2D eigenvalue weighted by Crippen LogP contribution is -2.27. The number of esters is 1. The summed E-state index contributed by atoms with van der Waals surface area (Å²) in [4.78, 5) is 12.0. The minimum absolute atomic E-state index is 0.275. The van der Waals surface area contributed by atoms with Crippen molar-refractivity contribution in [3.8, 4) is 0 Å². The first-order valence-corrected chi connectivity index (χ1v) is 12.0. The van der Waals surface area contributed by atoms with Crippen LogP contribution in [0.3, 0.4) is 0 Å². The number of carbonyl (C=O) groups is 1. The van der Waals surface area contributed by atoms with Crippen LogP contribution in [0, 0.1) is 0 Å². The molecular formula is C23H36O3S2. The average Bonchev–Trinajstić information content (AvgIpc) is 2.69. The number of hydrogen-bond acceptors (Lipinski definition) is 5. The summed E-state index contributed by atoms with van der Waals surface area (Å²) in [6, 6.07) is 8.70. The van der Waals surface area contributed by atoms with Crippen molar-refractivity contribution in [1.82, 2.24) is 0 Å². The van der Waals surface area contributed by atoms with Crippen molar-refractivity contribution >= 4 is 34.1 Å². The van der Waals surface area contributed by atoms with Crippen molar-refractivity contribution < 1.29 is 14.6 Å². The summed E-state index contributed by atoms with van der Waals surface area (Å²) in [5.74, 6) is -0.513. The third-order valence-corrected chi connectivity index (χ3v) is 6.26. The Morgan fingerprint density at radius 2 is 1.54 bits per heavy atom. The number of hydrogen-bond donors (Lipinski definition) is 1. The molecule has 1 aromatic rings. The highest BCUT2D eigenvalue weighted by molar-refractivity contribution is 8.23. The van der Waals surface area contributed by atoms with Gasteiger partial charge in [-0.1, -0.05) is 95.1 Å². The topological polar surface area (TPSA) is 46.5 Å². The van der Waals surface area contributed by atoms with Crippen molar-refractivity contribution in [3.05, 3.63) is 35.9 Å². The lowest BCUT2D eigenvalue weighted by molar-refractivity contribution is -0.0620. The van der Waals surface area contributed by atoms with Crippen LogP contribution in [-0.4, -0.2) is 26.8 Å². The second kappa shape index (κ2) is 15.9. The van der Waals surface area contributed by atoms with Crippen molar-refractivity contribution in [1.29, 1.82) is 0 Å². The van der Waals surface area contributed by atoms with Crippen molar-refractivity contribution in [2.24, 2.45) is 0 Å². The molecule has 0 saturated carbocycles. The second-order valence-corrected chi connectivity index (χ2v) is 9.51. The van der Waals surface area contributed by atoms with Gasteiger partial charge in [0.05, 0.1) is 10.8 Å². The number of aliphatic hydroxyl groups is 1. The highest BCUT2D eigenvalue weighted by Crippen LogP contribution is 2.22. The fourth-order valence-electron chi connectivity index (χ4n) is 2.93. The third-order valence-electron chi connectivity index (χ3n) is 4.69. The van der Waals surface area contributed by atoms with E-state index in [0.29, 0.717) is 5.56 Å². The lowest BCUT2D eigenvalue weighted by atomic mass is 10.1. The quantitative estimate of drug-likeness (QED) is 0.143. The van der Waals surface area contributed by atoms with Gasteiger partial charge in [-0.25, -0.2) is 4.79 Å². The summed E-state index contributed by atoms with van der Waals surface area (Å²) in [6.07, 6.45) is 12.7. The molecule has 1 N–H and O–H groups in total. The van der Waals surface area contributed by atoms with Crippen LogP contribution < -0.4 is 0 Å². The van der Waals surface area contributed by atoms with E-state index >= 15 is 0 Å². The Bertz CT molecular complexity index is 548. The average molecular weight is 425 g/mol. The number of carbonyl (C=O) groups excluding carboxylic acids is 1. The predicted octanol–water partition coefficient (Wildman–Crippen LogP) is 6.92. The molecule has 2 unspecified atom stereocenters. The van der Waals surface area contributed by atoms with Crippen LogP contribution in [0.15, 0.2) is 30.3 Å². The first-order valence-electron chi connectivity index (χ1n) is 10.7. The minimum atomic E-state index is -1.16. The second-order valence-electron chi connectivity index (χ2n) is 7.29. The number of unbranched alkanes of at least 4 members (excludes halogenated alkanes) is 9. The SMILES string of the molecule is CCCCCCCCCCCCC(=S)SC(C)C(O)OC(=O)c1ccccc1. The van der Waals surface area contributed by atoms with Crippen LogP contribution in [0.4, 0.5) is 0 Å². The highest BCUT2D eigenvalue weighted by Gasteiger charge is 2.21. The Morgan fingerprint density at radius 1 is 1.00 bits per heavy atom. The Balaban J connectivity index is 2.08. The zero-order valence-electron chi connectivity index (χ0n) is 17.4. The predicted molar refractivity (Wildman–Crippen MR) is 124 cm³/mol. The van der Waals surface area contributed by atoms with E-state index < -0.39 is 12.3 Å². The molecule has 28 heavy (non-hydrogen) atoms. The number of benzene rings is 1. The summed E-state index contributed by atoms with van der Waals surface area (Å²) in [5, 5.41) is 9.85. The monoisotopic (exact) mass is 424 g/mol. The Hall–Kier alpha value is -0.910. The lowest BCUT2D eigenvalue weighted by Gasteiger charge is -2.19. The molecule has 0 aliphatic rings. The fourth-order valence-corrected chi connectivity index (χ4v) is 4.38. The van der Waals surface area contributed by atoms with Crippen LogP contribution in [0.25, 0.3) is 0 Å². The summed E-state index contributed by atoms with van der Waals surface area (Å²) in [6.45, 7) is 4.08. The molecule has 5 heteroatoms. The van der Waals surface area contributed by atoms with Crippen LogP contribution in [0.2, 0.25) is 0 Å². The molecule has 1 rings (SSSR count). The van der Waals surface area contributed by atoms with Gasteiger partial charge in [-0.3, -0.25) is 0 Å². The smallest absolute Gasteiger partial charge is 0.340 e. The van der Waals surface area contributed by atoms with E-state index in [1.165, 1.54) is 69.5 Å². The minimum Gasteiger partial charge on any atom is -0.431 e. The standard InChI is InChI=1S/C23H36O3S2/c1-3-4-5-6-7-8-9-10-11-15-18-21(27)28-19(2)22(24)26-23(25)20-16-13-12-14-17-20/h12-14,16-17,19,22,24H,3-11,15,18H2,1-2H3. The summed E-state index contributed by atoms with van der Waals surface area (Å²) in [5.41, 5.74) is 0.437. The van der Waals surface area contributed by atoms with E-state index in [-0.39, 0.29) is 5.25 Å². The van der Waals surface area contributed by atoms with Crippen LogP contribution in [-0.2, 0) is 4.74 Å². The number of rotatable bonds is 15. The van der Waals surface area contributed by atoms with Gasteiger partial charge >= 0.3 is 5.97 Å². The van der Waals surface area contributed by atoms with Crippen LogP contribution in [0.1, 0.15) is 94.8 Å². The molecule has 0 radical (unpaired) electrons. The van der Waals surface area contributed by atoms with Gasteiger partial charge in [-0.2, -0.15) is 0 Å². The Labute approximate surface area is 180 Å². The zero-order chi connectivity index (χ0) is 20.6. The molecule has 0 heterocycles. The van der Waals surface area contributed by atoms with Gasteiger partial charge in [-0.15, -0.1) is 11.8 Å². The van der Waals surface area contributed by atoms with Crippen molar-refractivity contribution in [2.75, 3.05) is 0 Å². The van der Waals surface area contributed by atoms with E-state index in [0.717, 1.165) is 17.0 Å². The maximum atomic E-state index is 12.0. The first-order chi connectivity index (χ1) is 13.5.